The number of anilines is 1. The molecule has 0 saturated carbocycles. The van der Waals surface area contributed by atoms with Crippen LogP contribution in [0.4, 0.5) is 5.69 Å². The van der Waals surface area contributed by atoms with E-state index >= 15 is 0 Å². The third-order valence-electron chi connectivity index (χ3n) is 0.823. The molecule has 4 nitrogen and oxygen atoms in total. The summed E-state index contributed by atoms with van der Waals surface area (Å²) in [4.78, 5) is 7.02. The first-order valence-electron chi connectivity index (χ1n) is 2.30. The summed E-state index contributed by atoms with van der Waals surface area (Å²) in [5, 5.41) is 10.0. The van der Waals surface area contributed by atoms with Gasteiger partial charge in [-0.15, -0.1) is 0 Å². The van der Waals surface area contributed by atoms with Crippen LogP contribution in [-0.4, -0.2) is 9.97 Å². The van der Waals surface area contributed by atoms with Crippen LogP contribution in [0.25, 0.3) is 0 Å². The van der Waals surface area contributed by atoms with Crippen molar-refractivity contribution in [1.82, 2.24) is 9.97 Å². The molecule has 0 aliphatic carbocycles. The molecular formula is C4H2Cl2N3O. The van der Waals surface area contributed by atoms with Crippen molar-refractivity contribution in [2.75, 3.05) is 0 Å². The van der Waals surface area contributed by atoms with Gasteiger partial charge in [0.2, 0.25) is 11.0 Å². The molecule has 1 aromatic rings. The van der Waals surface area contributed by atoms with E-state index in [1.807, 2.05) is 0 Å². The SMILES string of the molecule is [O-][NH+]c1cnc(Cl)nc1Cl. The van der Waals surface area contributed by atoms with E-state index in [1.165, 1.54) is 6.20 Å². The molecular weight excluding hydrogens is 177 g/mol. The summed E-state index contributed by atoms with van der Waals surface area (Å²) in [5.41, 5.74) is 1.67. The van der Waals surface area contributed by atoms with Crippen molar-refractivity contribution in [1.29, 1.82) is 0 Å². The van der Waals surface area contributed by atoms with Crippen LogP contribution in [0.15, 0.2) is 6.20 Å². The Morgan fingerprint density at radius 2 is 2.20 bits per heavy atom. The molecule has 1 aromatic heterocycles. The van der Waals surface area contributed by atoms with Crippen LogP contribution in [0.5, 0.6) is 0 Å². The molecule has 0 fully saturated rings. The van der Waals surface area contributed by atoms with Crippen molar-refractivity contribution >= 4 is 28.9 Å². The van der Waals surface area contributed by atoms with Crippen LogP contribution in [0.1, 0.15) is 0 Å². The Morgan fingerprint density at radius 1 is 1.50 bits per heavy atom. The molecule has 6 heteroatoms. The molecule has 1 heterocycles. The fourth-order valence-electron chi connectivity index (χ4n) is 0.410. The second kappa shape index (κ2) is 3.12. The largest absolute Gasteiger partial charge is 0.578 e. The first-order chi connectivity index (χ1) is 4.74. The second-order valence-corrected chi connectivity index (χ2v) is 2.14. The molecule has 0 aliphatic rings. The highest BCUT2D eigenvalue weighted by Gasteiger charge is 2.05. The molecule has 53 valence electrons. The fraction of sp³-hybridized carbons (Fsp3) is 0. The number of hydrogen-bond acceptors (Lipinski definition) is 4. The maximum Gasteiger partial charge on any atom is 0.236 e. The monoisotopic (exact) mass is 178 g/mol. The predicted octanol–water partition coefficient (Wildman–Crippen LogP) is 0.262. The molecule has 0 bridgehead atoms. The minimum atomic E-state index is 0.0176. The molecule has 1 radical (unpaired) electrons. The Morgan fingerprint density at radius 3 is 2.70 bits per heavy atom. The molecule has 0 aromatic carbocycles. The number of aromatic nitrogens is 2. The van der Waals surface area contributed by atoms with Crippen molar-refractivity contribution in [2.45, 2.75) is 0 Å². The van der Waals surface area contributed by atoms with Gasteiger partial charge in [0.15, 0.2) is 5.15 Å². The van der Waals surface area contributed by atoms with Crippen LogP contribution >= 0.6 is 23.2 Å². The van der Waals surface area contributed by atoms with E-state index in [0.717, 1.165) is 0 Å². The van der Waals surface area contributed by atoms with E-state index in [-0.39, 0.29) is 16.1 Å². The number of nitrogens with zero attached hydrogens (tertiary/aromatic N) is 2. The predicted molar refractivity (Wildman–Crippen MR) is 36.0 cm³/mol. The summed E-state index contributed by atoms with van der Waals surface area (Å²) in [6.07, 6.45) is 1.21. The van der Waals surface area contributed by atoms with Gasteiger partial charge < -0.3 is 5.21 Å². The van der Waals surface area contributed by atoms with Gasteiger partial charge in [-0.1, -0.05) is 11.6 Å². The third-order valence-corrected chi connectivity index (χ3v) is 1.29. The molecule has 0 spiro atoms. The lowest BCUT2D eigenvalue weighted by molar-refractivity contribution is -0.497. The van der Waals surface area contributed by atoms with Gasteiger partial charge in [-0.2, -0.15) is 10.5 Å². The fourth-order valence-corrected chi connectivity index (χ4v) is 0.754. The zero-order valence-corrected chi connectivity index (χ0v) is 6.15. The first-order valence-corrected chi connectivity index (χ1v) is 3.06. The Bertz CT molecular complexity index is 242. The Hall–Kier alpha value is -0.420. The summed E-state index contributed by atoms with van der Waals surface area (Å²) in [6, 6.07) is 0. The van der Waals surface area contributed by atoms with E-state index in [2.05, 4.69) is 9.97 Å². The first kappa shape index (κ1) is 7.68. The van der Waals surface area contributed by atoms with E-state index in [0.29, 0.717) is 0 Å². The van der Waals surface area contributed by atoms with Gasteiger partial charge in [0.25, 0.3) is 0 Å². The highest BCUT2D eigenvalue weighted by molar-refractivity contribution is 6.33. The highest BCUT2D eigenvalue weighted by atomic mass is 35.5. The van der Waals surface area contributed by atoms with Crippen LogP contribution in [0, 0.1) is 5.21 Å². The zero-order chi connectivity index (χ0) is 7.56. The lowest BCUT2D eigenvalue weighted by atomic mass is 10.6. The normalized spacial score (nSPS) is 9.90. The van der Waals surface area contributed by atoms with Crippen LogP contribution in [0.2, 0.25) is 10.4 Å². The lowest BCUT2D eigenvalue weighted by Gasteiger charge is -1.95. The van der Waals surface area contributed by atoms with Crippen LogP contribution in [-0.2, 0) is 0 Å². The molecule has 0 amide bonds. The van der Waals surface area contributed by atoms with Crippen LogP contribution < -0.4 is 5.48 Å². The number of halogens is 2. The Labute approximate surface area is 66.8 Å². The molecule has 1 N–H and O–H groups in total. The Balaban J connectivity index is 3.07. The summed E-state index contributed by atoms with van der Waals surface area (Å²) >= 11 is 10.8. The average molecular weight is 179 g/mol. The summed E-state index contributed by atoms with van der Waals surface area (Å²) in [7, 11) is 0. The number of rotatable bonds is 1. The van der Waals surface area contributed by atoms with Gasteiger partial charge in [-0.3, -0.25) is 0 Å². The molecule has 10 heavy (non-hydrogen) atoms. The van der Waals surface area contributed by atoms with E-state index < -0.39 is 0 Å². The second-order valence-electron chi connectivity index (χ2n) is 1.45. The van der Waals surface area contributed by atoms with Crippen molar-refractivity contribution < 1.29 is 5.48 Å². The molecule has 0 aliphatic heterocycles. The lowest BCUT2D eigenvalue weighted by Crippen LogP contribution is -2.70. The summed E-state index contributed by atoms with van der Waals surface area (Å²) in [6.45, 7) is 0. The molecule has 1 rings (SSSR count). The van der Waals surface area contributed by atoms with Gasteiger partial charge >= 0.3 is 0 Å². The summed E-state index contributed by atoms with van der Waals surface area (Å²) < 4.78 is 0. The van der Waals surface area contributed by atoms with Crippen molar-refractivity contribution in [3.8, 4) is 0 Å². The molecule has 0 saturated heterocycles. The minimum absolute atomic E-state index is 0.0176. The van der Waals surface area contributed by atoms with Gasteiger partial charge in [0, 0.05) is 0 Å². The average Bonchev–Trinajstić information content (AvgIpc) is 1.88. The van der Waals surface area contributed by atoms with E-state index in [4.69, 9.17) is 23.2 Å². The number of hydrogen-bond donors (Lipinski definition) is 1. The smallest absolute Gasteiger partial charge is 0.236 e. The van der Waals surface area contributed by atoms with Gasteiger partial charge in [-0.05, 0) is 11.6 Å². The maximum atomic E-state index is 10.0. The third kappa shape index (κ3) is 1.54. The Kier molecular flexibility index (Phi) is 2.39. The van der Waals surface area contributed by atoms with Crippen molar-refractivity contribution in [3.05, 3.63) is 21.8 Å². The van der Waals surface area contributed by atoms with Crippen molar-refractivity contribution in [2.24, 2.45) is 0 Å². The number of nitrogens with one attached hydrogen (secondary N) is 1. The van der Waals surface area contributed by atoms with E-state index in [1.54, 1.807) is 5.48 Å². The molecule has 0 atom stereocenters. The van der Waals surface area contributed by atoms with Gasteiger partial charge in [0.05, 0.1) is 6.20 Å². The standard InChI is InChI=1S/C4H2Cl2N3O/c5-3-2(9-10)1-7-4(6)8-3/h1,9H. The van der Waals surface area contributed by atoms with Gasteiger partial charge in [0.1, 0.15) is 0 Å². The highest BCUT2D eigenvalue weighted by Crippen LogP contribution is 2.13. The zero-order valence-electron chi connectivity index (χ0n) is 4.64. The summed E-state index contributed by atoms with van der Waals surface area (Å²) in [5.74, 6) is 0. The van der Waals surface area contributed by atoms with Crippen molar-refractivity contribution in [3.63, 3.8) is 0 Å². The quantitative estimate of drug-likeness (QED) is 0.382. The maximum absolute atomic E-state index is 10.0. The molecule has 0 unspecified atom stereocenters. The topological polar surface area (TPSA) is 64.4 Å². The van der Waals surface area contributed by atoms with Crippen LogP contribution in [0.3, 0.4) is 0 Å². The van der Waals surface area contributed by atoms with Gasteiger partial charge in [-0.25, -0.2) is 4.98 Å². The minimum Gasteiger partial charge on any atom is -0.578 e. The van der Waals surface area contributed by atoms with E-state index in [9.17, 15) is 5.21 Å².